The van der Waals surface area contributed by atoms with Gasteiger partial charge in [-0.05, 0) is 51.5 Å². The number of hydrogen-bond donors (Lipinski definition) is 2. The number of amides is 1. The fourth-order valence-corrected chi connectivity index (χ4v) is 3.00. The average molecular weight is 324 g/mol. The number of nitrogens with zero attached hydrogens (tertiary/aromatic N) is 1. The Balaban J connectivity index is 2.92. The van der Waals surface area contributed by atoms with E-state index < -0.39 is 32.3 Å². The molecule has 0 saturated heterocycles. The summed E-state index contributed by atoms with van der Waals surface area (Å²) >= 11 is 0. The van der Waals surface area contributed by atoms with Crippen molar-refractivity contribution in [3.05, 3.63) is 29.3 Å². The molecule has 0 bridgehead atoms. The molecule has 0 aromatic heterocycles. The topological polar surface area (TPSA) is 107 Å². The van der Waals surface area contributed by atoms with E-state index in [1.54, 1.807) is 19.1 Å². The molecule has 0 heterocycles. The molecule has 1 aromatic carbocycles. The largest absolute Gasteiger partial charge is 0.379 e. The zero-order chi connectivity index (χ0) is 17.1. The van der Waals surface area contributed by atoms with E-state index in [0.717, 1.165) is 0 Å². The number of anilines is 1. The predicted molar refractivity (Wildman–Crippen MR) is 84.1 cm³/mol. The fraction of sp³-hybridized carbons (Fsp3) is 0.467. The van der Waals surface area contributed by atoms with Crippen molar-refractivity contribution >= 4 is 21.4 Å². The van der Waals surface area contributed by atoms with Crippen LogP contribution >= 0.6 is 0 Å². The van der Waals surface area contributed by atoms with Gasteiger partial charge in [0.1, 0.15) is 0 Å². The first-order chi connectivity index (χ1) is 9.99. The van der Waals surface area contributed by atoms with Crippen LogP contribution in [0.5, 0.6) is 0 Å². The molecule has 0 aliphatic carbocycles. The molecule has 0 spiro atoms. The monoisotopic (exact) mass is 324 g/mol. The highest BCUT2D eigenvalue weighted by atomic mass is 32.2. The number of hydrogen-bond acceptors (Lipinski definition) is 5. The van der Waals surface area contributed by atoms with E-state index in [4.69, 9.17) is 5.26 Å². The van der Waals surface area contributed by atoms with E-state index in [1.165, 1.54) is 26.8 Å². The molecule has 1 aromatic rings. The first-order valence-corrected chi connectivity index (χ1v) is 8.47. The van der Waals surface area contributed by atoms with E-state index in [2.05, 4.69) is 5.32 Å². The molecule has 1 rings (SSSR count). The van der Waals surface area contributed by atoms with E-state index in [1.807, 2.05) is 6.07 Å². The van der Waals surface area contributed by atoms with Gasteiger partial charge in [-0.1, -0.05) is 0 Å². The summed E-state index contributed by atoms with van der Waals surface area (Å²) < 4.78 is 23.7. The van der Waals surface area contributed by atoms with E-state index in [0.29, 0.717) is 16.8 Å². The zero-order valence-corrected chi connectivity index (χ0v) is 13.9. The Labute approximate surface area is 130 Å². The quantitative estimate of drug-likeness (QED) is 0.851. The van der Waals surface area contributed by atoms with Crippen molar-refractivity contribution in [1.82, 2.24) is 0 Å². The Morgan fingerprint density at radius 2 is 2.05 bits per heavy atom. The fourth-order valence-electron chi connectivity index (χ4n) is 1.76. The van der Waals surface area contributed by atoms with Gasteiger partial charge in [0.25, 0.3) is 5.91 Å². The second-order valence-electron chi connectivity index (χ2n) is 5.73. The van der Waals surface area contributed by atoms with Crippen LogP contribution in [0.3, 0.4) is 0 Å². The smallest absolute Gasteiger partial charge is 0.257 e. The molecule has 0 saturated carbocycles. The van der Waals surface area contributed by atoms with Crippen LogP contribution in [0.1, 0.15) is 31.9 Å². The second-order valence-corrected chi connectivity index (χ2v) is 8.28. The molecular weight excluding hydrogens is 304 g/mol. The van der Waals surface area contributed by atoms with Gasteiger partial charge >= 0.3 is 0 Å². The van der Waals surface area contributed by atoms with E-state index in [-0.39, 0.29) is 0 Å². The Bertz CT molecular complexity index is 716. The van der Waals surface area contributed by atoms with Crippen LogP contribution in [0.2, 0.25) is 0 Å². The molecule has 1 atom stereocenters. The van der Waals surface area contributed by atoms with Crippen LogP contribution in [0.4, 0.5) is 5.69 Å². The molecular formula is C15H20N2O4S. The maximum Gasteiger partial charge on any atom is 0.257 e. The number of benzene rings is 1. The Hall–Kier alpha value is -1.91. The van der Waals surface area contributed by atoms with Crippen molar-refractivity contribution in [3.8, 4) is 6.07 Å². The van der Waals surface area contributed by atoms with E-state index >= 15 is 0 Å². The van der Waals surface area contributed by atoms with Crippen molar-refractivity contribution in [2.45, 2.75) is 38.5 Å². The lowest BCUT2D eigenvalue weighted by molar-refractivity contribution is -0.130. The summed E-state index contributed by atoms with van der Waals surface area (Å²) in [5.74, 6) is -1.46. The number of sulfone groups is 1. The van der Waals surface area contributed by atoms with Gasteiger partial charge in [-0.3, -0.25) is 4.79 Å². The summed E-state index contributed by atoms with van der Waals surface area (Å²) in [6, 6.07) is 6.67. The molecule has 120 valence electrons. The first-order valence-electron chi connectivity index (χ1n) is 6.76. The predicted octanol–water partition coefficient (Wildman–Crippen LogP) is 1.38. The van der Waals surface area contributed by atoms with Gasteiger partial charge in [0, 0.05) is 5.69 Å². The number of carbonyl (C=O) groups is 1. The molecule has 0 aliphatic rings. The highest BCUT2D eigenvalue weighted by molar-refractivity contribution is 7.92. The van der Waals surface area contributed by atoms with Gasteiger partial charge in [0.2, 0.25) is 0 Å². The van der Waals surface area contributed by atoms with Crippen LogP contribution in [0.25, 0.3) is 0 Å². The third kappa shape index (κ3) is 4.29. The normalized spacial score (nSPS) is 14.2. The average Bonchev–Trinajstić information content (AvgIpc) is 2.37. The maximum absolute atomic E-state index is 12.1. The number of nitrogens with one attached hydrogen (secondary N) is 1. The third-order valence-corrected chi connectivity index (χ3v) is 5.70. The second kappa shape index (κ2) is 6.46. The van der Waals surface area contributed by atoms with Gasteiger partial charge < -0.3 is 10.4 Å². The minimum absolute atomic E-state index is 0.392. The lowest BCUT2D eigenvalue weighted by Gasteiger charge is -2.23. The first kappa shape index (κ1) is 18.1. The van der Waals surface area contributed by atoms with Crippen molar-refractivity contribution in [1.29, 1.82) is 5.26 Å². The molecule has 6 nitrogen and oxygen atoms in total. The van der Waals surface area contributed by atoms with E-state index in [9.17, 15) is 18.3 Å². The number of nitriles is 1. The molecule has 2 N–H and O–H groups in total. The van der Waals surface area contributed by atoms with Crippen LogP contribution in [-0.2, 0) is 14.6 Å². The molecule has 0 aliphatic heterocycles. The Morgan fingerprint density at radius 3 is 2.50 bits per heavy atom. The van der Waals surface area contributed by atoms with Crippen molar-refractivity contribution in [3.63, 3.8) is 0 Å². The van der Waals surface area contributed by atoms with Crippen LogP contribution in [0.15, 0.2) is 18.2 Å². The molecule has 1 amide bonds. The van der Waals surface area contributed by atoms with Gasteiger partial charge in [0.15, 0.2) is 15.4 Å². The third-order valence-electron chi connectivity index (χ3n) is 3.29. The zero-order valence-electron chi connectivity index (χ0n) is 13.0. The molecule has 22 heavy (non-hydrogen) atoms. The van der Waals surface area contributed by atoms with Gasteiger partial charge in [-0.25, -0.2) is 8.42 Å². The SMILES string of the molecule is Cc1cc(NC(=O)[C@@](C)(O)CS(=O)(=O)C(C)C)ccc1C#N. The van der Waals surface area contributed by atoms with Crippen molar-refractivity contribution in [2.75, 3.05) is 11.1 Å². The summed E-state index contributed by atoms with van der Waals surface area (Å²) in [6.07, 6.45) is 0. The lowest BCUT2D eigenvalue weighted by Crippen LogP contribution is -2.47. The number of rotatable bonds is 5. The standard InChI is InChI=1S/C15H20N2O4S/c1-10(2)22(20,21)9-15(4,19)14(18)17-13-6-5-12(8-16)11(3)7-13/h5-7,10,19H,9H2,1-4H3,(H,17,18)/t15-/m0/s1. The van der Waals surface area contributed by atoms with Crippen LogP contribution in [0, 0.1) is 18.3 Å². The summed E-state index contributed by atoms with van der Waals surface area (Å²) in [4.78, 5) is 12.1. The maximum atomic E-state index is 12.1. The van der Waals surface area contributed by atoms with Gasteiger partial charge in [-0.2, -0.15) is 5.26 Å². The van der Waals surface area contributed by atoms with Crippen molar-refractivity contribution < 1.29 is 18.3 Å². The molecule has 7 heteroatoms. The molecule has 0 unspecified atom stereocenters. The number of aryl methyl sites for hydroxylation is 1. The number of carbonyl (C=O) groups excluding carboxylic acids is 1. The Morgan fingerprint density at radius 1 is 1.45 bits per heavy atom. The number of aliphatic hydroxyl groups is 1. The highest BCUT2D eigenvalue weighted by Crippen LogP contribution is 2.18. The van der Waals surface area contributed by atoms with Crippen LogP contribution < -0.4 is 5.32 Å². The molecule has 0 radical (unpaired) electrons. The lowest BCUT2D eigenvalue weighted by atomic mass is 10.1. The summed E-state index contributed by atoms with van der Waals surface area (Å²) in [7, 11) is -3.57. The van der Waals surface area contributed by atoms with Crippen LogP contribution in [-0.4, -0.2) is 36.0 Å². The Kier molecular flexibility index (Phi) is 5.33. The highest BCUT2D eigenvalue weighted by Gasteiger charge is 2.37. The summed E-state index contributed by atoms with van der Waals surface area (Å²) in [6.45, 7) is 5.87. The van der Waals surface area contributed by atoms with Gasteiger partial charge in [-0.15, -0.1) is 0 Å². The minimum atomic E-state index is -3.57. The minimum Gasteiger partial charge on any atom is -0.379 e. The molecule has 0 fully saturated rings. The van der Waals surface area contributed by atoms with Crippen molar-refractivity contribution in [2.24, 2.45) is 0 Å². The summed E-state index contributed by atoms with van der Waals surface area (Å²) in [5.41, 5.74) is -0.490. The summed E-state index contributed by atoms with van der Waals surface area (Å²) in [5, 5.41) is 20.8. The van der Waals surface area contributed by atoms with Gasteiger partial charge in [0.05, 0.1) is 22.6 Å².